The van der Waals surface area contributed by atoms with Crippen LogP contribution in [0.15, 0.2) is 71.1 Å². The average Bonchev–Trinajstić information content (AvgIpc) is 3.27. The number of likely N-dealkylation sites (tertiary alicyclic amines) is 1. The molecule has 0 spiro atoms. The molecule has 43 heavy (non-hydrogen) atoms. The fraction of sp³-hybridized carbons (Fsp3) is 0.344. The van der Waals surface area contributed by atoms with E-state index in [1.54, 1.807) is 30.2 Å². The van der Waals surface area contributed by atoms with Gasteiger partial charge in [0.1, 0.15) is 5.75 Å². The lowest BCUT2D eigenvalue weighted by Crippen LogP contribution is -2.55. The predicted octanol–water partition coefficient (Wildman–Crippen LogP) is 5.99. The number of hydrogen-bond acceptors (Lipinski definition) is 5. The summed E-state index contributed by atoms with van der Waals surface area (Å²) in [6, 6.07) is 16.4. The first-order valence-electron chi connectivity index (χ1n) is 14.3. The minimum atomic E-state index is -3.75. The first-order valence-corrected chi connectivity index (χ1v) is 16.1. The maximum absolute atomic E-state index is 13.9. The summed E-state index contributed by atoms with van der Waals surface area (Å²) in [5, 5.41) is -0.140. The van der Waals surface area contributed by atoms with Crippen LogP contribution in [0.2, 0.25) is 5.02 Å². The van der Waals surface area contributed by atoms with Crippen molar-refractivity contribution in [3.8, 4) is 5.75 Å². The number of nitrogens with zero attached hydrogens (tertiary/aromatic N) is 3. The van der Waals surface area contributed by atoms with Crippen molar-refractivity contribution in [1.29, 1.82) is 0 Å². The number of sulfonamides is 1. The second kappa shape index (κ2) is 11.9. The second-order valence-corrected chi connectivity index (χ2v) is 13.5. The van der Waals surface area contributed by atoms with Gasteiger partial charge in [-0.15, -0.1) is 0 Å². The number of hydrogen-bond donors (Lipinski definition) is 0. The molecular weight excluding hydrogens is 596 g/mol. The van der Waals surface area contributed by atoms with Crippen molar-refractivity contribution in [2.45, 2.75) is 42.7 Å². The van der Waals surface area contributed by atoms with Gasteiger partial charge in [-0.2, -0.15) is 4.31 Å². The Balaban J connectivity index is 1.21. The van der Waals surface area contributed by atoms with Crippen molar-refractivity contribution in [3.05, 3.63) is 94.0 Å². The van der Waals surface area contributed by atoms with Gasteiger partial charge in [-0.3, -0.25) is 4.79 Å². The molecule has 226 valence electrons. The topological polar surface area (TPSA) is 70.2 Å². The molecule has 0 N–H and O–H groups in total. The highest BCUT2D eigenvalue weighted by Gasteiger charge is 2.43. The highest BCUT2D eigenvalue weighted by atomic mass is 35.5. The van der Waals surface area contributed by atoms with E-state index in [1.165, 1.54) is 9.88 Å². The van der Waals surface area contributed by atoms with E-state index in [1.807, 2.05) is 30.3 Å². The first-order chi connectivity index (χ1) is 20.7. The van der Waals surface area contributed by atoms with Gasteiger partial charge in [0.25, 0.3) is 5.91 Å². The third-order valence-corrected chi connectivity index (χ3v) is 10.8. The molecule has 3 aliphatic rings. The number of methoxy groups -OCH3 is 1. The van der Waals surface area contributed by atoms with Crippen molar-refractivity contribution in [2.75, 3.05) is 38.2 Å². The van der Waals surface area contributed by atoms with Gasteiger partial charge in [-0.1, -0.05) is 53.6 Å². The largest absolute Gasteiger partial charge is 0.495 e. The van der Waals surface area contributed by atoms with Crippen LogP contribution in [0, 0.1) is 11.6 Å². The van der Waals surface area contributed by atoms with E-state index in [0.29, 0.717) is 50.5 Å². The molecule has 0 saturated carbocycles. The van der Waals surface area contributed by atoms with Crippen molar-refractivity contribution in [1.82, 2.24) is 9.21 Å². The van der Waals surface area contributed by atoms with Crippen LogP contribution in [-0.4, -0.2) is 68.9 Å². The van der Waals surface area contributed by atoms with Crippen LogP contribution in [0.1, 0.15) is 41.6 Å². The standard InChI is InChI=1S/C32H32ClF2N3O4S/c1-42-31-10-9-25(43(40,41)37-13-11-22(12-14-37)15-21-5-3-2-4-6-21)16-30(31)38-23-7-8-24(38)20-36(19-23)32(39)26-17-28(34)29(35)18-27(26)33/h2-6,9-10,15-18,23-24H,7-8,11-14,19-20H2,1H3/t23-,24+. The summed E-state index contributed by atoms with van der Waals surface area (Å²) in [7, 11) is -2.21. The zero-order chi connectivity index (χ0) is 30.3. The molecule has 2 bridgehead atoms. The van der Waals surface area contributed by atoms with Crippen molar-refractivity contribution in [2.24, 2.45) is 0 Å². The lowest BCUT2D eigenvalue weighted by Gasteiger charge is -2.43. The van der Waals surface area contributed by atoms with Gasteiger partial charge in [-0.05, 0) is 61.6 Å². The van der Waals surface area contributed by atoms with Gasteiger partial charge in [0.15, 0.2) is 11.6 Å². The van der Waals surface area contributed by atoms with Gasteiger partial charge < -0.3 is 14.5 Å². The van der Waals surface area contributed by atoms with E-state index < -0.39 is 27.6 Å². The van der Waals surface area contributed by atoms with E-state index in [2.05, 4.69) is 11.0 Å². The number of benzene rings is 3. The number of halogens is 3. The van der Waals surface area contributed by atoms with Crippen LogP contribution in [0.25, 0.3) is 6.08 Å². The fourth-order valence-corrected chi connectivity index (χ4v) is 8.14. The van der Waals surface area contributed by atoms with Gasteiger partial charge in [0, 0.05) is 38.3 Å². The molecule has 3 aromatic carbocycles. The summed E-state index contributed by atoms with van der Waals surface area (Å²) in [5.41, 5.74) is 2.91. The highest BCUT2D eigenvalue weighted by Crippen LogP contribution is 2.42. The minimum Gasteiger partial charge on any atom is -0.495 e. The Kier molecular flexibility index (Phi) is 8.19. The molecule has 11 heteroatoms. The second-order valence-electron chi connectivity index (χ2n) is 11.2. The molecule has 3 aromatic rings. The Bertz CT molecular complexity index is 1660. The number of carbonyl (C=O) groups excluding carboxylic acids is 1. The van der Waals surface area contributed by atoms with Crippen LogP contribution in [0.5, 0.6) is 5.75 Å². The quantitative estimate of drug-likeness (QED) is 0.314. The number of fused-ring (bicyclic) bond motifs is 2. The maximum atomic E-state index is 13.9. The fourth-order valence-electron chi connectivity index (χ4n) is 6.44. The van der Waals surface area contributed by atoms with Crippen LogP contribution >= 0.6 is 11.6 Å². The zero-order valence-corrected chi connectivity index (χ0v) is 25.3. The zero-order valence-electron chi connectivity index (χ0n) is 23.7. The Morgan fingerprint density at radius 3 is 2.26 bits per heavy atom. The van der Waals surface area contributed by atoms with Crippen LogP contribution in [0.4, 0.5) is 14.5 Å². The lowest BCUT2D eigenvalue weighted by atomic mass is 10.0. The summed E-state index contributed by atoms with van der Waals surface area (Å²) in [6.45, 7) is 1.46. The van der Waals surface area contributed by atoms with E-state index in [9.17, 15) is 22.0 Å². The maximum Gasteiger partial charge on any atom is 0.255 e. The van der Waals surface area contributed by atoms with Crippen molar-refractivity contribution < 1.29 is 26.7 Å². The number of rotatable bonds is 6. The molecule has 6 rings (SSSR count). The normalized spacial score (nSPS) is 20.8. The molecule has 3 fully saturated rings. The van der Waals surface area contributed by atoms with Gasteiger partial charge in [0.05, 0.1) is 28.3 Å². The lowest BCUT2D eigenvalue weighted by molar-refractivity contribution is 0.0717. The van der Waals surface area contributed by atoms with Crippen LogP contribution in [0.3, 0.4) is 0 Å². The molecule has 0 aromatic heterocycles. The van der Waals surface area contributed by atoms with E-state index in [4.69, 9.17) is 16.3 Å². The molecule has 1 amide bonds. The van der Waals surface area contributed by atoms with Crippen molar-refractivity contribution >= 4 is 39.3 Å². The average molecular weight is 628 g/mol. The van der Waals surface area contributed by atoms with Crippen molar-refractivity contribution in [3.63, 3.8) is 0 Å². The third-order valence-electron chi connectivity index (χ3n) is 8.61. The van der Waals surface area contributed by atoms with Gasteiger partial charge in [-0.25, -0.2) is 17.2 Å². The summed E-state index contributed by atoms with van der Waals surface area (Å²) in [6.07, 6.45) is 5.03. The highest BCUT2D eigenvalue weighted by molar-refractivity contribution is 7.89. The molecule has 2 atom stereocenters. The summed E-state index contributed by atoms with van der Waals surface area (Å²) >= 11 is 6.09. The number of carbonyl (C=O) groups is 1. The Morgan fingerprint density at radius 1 is 0.953 bits per heavy atom. The Hall–Kier alpha value is -3.47. The van der Waals surface area contributed by atoms with E-state index in [-0.39, 0.29) is 27.6 Å². The summed E-state index contributed by atoms with van der Waals surface area (Å²) in [4.78, 5) is 17.2. The number of ether oxygens (including phenoxy) is 1. The molecule has 7 nitrogen and oxygen atoms in total. The van der Waals surface area contributed by atoms with Crippen LogP contribution < -0.4 is 9.64 Å². The monoisotopic (exact) mass is 627 g/mol. The SMILES string of the molecule is COc1ccc(S(=O)(=O)N2CCC(=Cc3ccccc3)CC2)cc1N1[C@@H]2CC[C@H]1CN(C(=O)c1cc(F)c(F)cc1Cl)C2. The van der Waals surface area contributed by atoms with Crippen LogP contribution in [-0.2, 0) is 10.0 Å². The number of piperidine rings is 1. The first kappa shape index (κ1) is 29.6. The number of amides is 1. The van der Waals surface area contributed by atoms with E-state index in [0.717, 1.165) is 30.5 Å². The van der Waals surface area contributed by atoms with Gasteiger partial charge >= 0.3 is 0 Å². The molecule has 3 aliphatic heterocycles. The Morgan fingerprint density at radius 2 is 1.60 bits per heavy atom. The molecule has 0 radical (unpaired) electrons. The number of piperazine rings is 1. The molecule has 3 saturated heterocycles. The Labute approximate surface area is 255 Å². The molecule has 3 heterocycles. The molecule has 0 aliphatic carbocycles. The predicted molar refractivity (Wildman–Crippen MR) is 162 cm³/mol. The number of anilines is 1. The van der Waals surface area contributed by atoms with E-state index >= 15 is 0 Å². The molecular formula is C32H32ClF2N3O4S. The summed E-state index contributed by atoms with van der Waals surface area (Å²) in [5.74, 6) is -2.16. The van der Waals surface area contributed by atoms with Gasteiger partial charge in [0.2, 0.25) is 10.0 Å². The third kappa shape index (κ3) is 5.75. The molecule has 0 unspecified atom stereocenters. The smallest absolute Gasteiger partial charge is 0.255 e. The minimum absolute atomic E-state index is 0.0811. The summed E-state index contributed by atoms with van der Waals surface area (Å²) < 4.78 is 62.2.